The molecule has 0 aliphatic carbocycles. The highest BCUT2D eigenvalue weighted by molar-refractivity contribution is 5.46. The molecule has 1 unspecified atom stereocenters. The molecule has 0 radical (unpaired) electrons. The maximum Gasteiger partial charge on any atom is 0.231 e. The number of hydrogen-bond donors (Lipinski definition) is 2. The Morgan fingerprint density at radius 3 is 2.81 bits per heavy atom. The minimum Gasteiger partial charge on any atom is -0.454 e. The van der Waals surface area contributed by atoms with Crippen LogP contribution in [0.25, 0.3) is 0 Å². The van der Waals surface area contributed by atoms with E-state index < -0.39 is 0 Å². The van der Waals surface area contributed by atoms with Crippen LogP contribution in [0.3, 0.4) is 0 Å². The number of aliphatic hydroxyl groups is 1. The molecule has 1 aromatic carbocycles. The van der Waals surface area contributed by atoms with Crippen LogP contribution in [0.2, 0.25) is 0 Å². The molecule has 0 saturated carbocycles. The molecule has 0 aromatic heterocycles. The molecule has 4 nitrogen and oxygen atoms in total. The second-order valence-corrected chi connectivity index (χ2v) is 4.32. The fraction of sp³-hybridized carbons (Fsp3) is 0.500. The average molecular weight is 223 g/mol. The van der Waals surface area contributed by atoms with Gasteiger partial charge in [0, 0.05) is 12.0 Å². The van der Waals surface area contributed by atoms with Crippen LogP contribution in [-0.4, -0.2) is 32.1 Å². The highest BCUT2D eigenvalue weighted by Crippen LogP contribution is 2.36. The smallest absolute Gasteiger partial charge is 0.231 e. The van der Waals surface area contributed by atoms with Crippen LogP contribution in [0, 0.1) is 0 Å². The first-order chi connectivity index (χ1) is 7.69. The van der Waals surface area contributed by atoms with Crippen molar-refractivity contribution in [2.75, 3.05) is 27.0 Å². The minimum absolute atomic E-state index is 0.0908. The molecule has 1 aromatic rings. The zero-order valence-electron chi connectivity index (χ0n) is 9.62. The van der Waals surface area contributed by atoms with Crippen molar-refractivity contribution in [2.45, 2.75) is 12.3 Å². The number of likely N-dealkylation sites (N-methyl/N-ethyl adjacent to an activating group) is 1. The van der Waals surface area contributed by atoms with Gasteiger partial charge in [-0.1, -0.05) is 13.0 Å². The van der Waals surface area contributed by atoms with Crippen molar-refractivity contribution in [3.63, 3.8) is 0 Å². The van der Waals surface area contributed by atoms with Crippen molar-refractivity contribution in [2.24, 2.45) is 0 Å². The van der Waals surface area contributed by atoms with Crippen LogP contribution >= 0.6 is 0 Å². The Labute approximate surface area is 95.2 Å². The summed E-state index contributed by atoms with van der Waals surface area (Å²) in [6, 6.07) is 5.80. The monoisotopic (exact) mass is 223 g/mol. The summed E-state index contributed by atoms with van der Waals surface area (Å²) in [5.41, 5.74) is 0.754. The molecule has 0 spiro atoms. The number of fused-ring (bicyclic) bond motifs is 1. The first kappa shape index (κ1) is 11.2. The number of benzene rings is 1. The molecule has 0 saturated heterocycles. The number of hydrogen-bond acceptors (Lipinski definition) is 4. The van der Waals surface area contributed by atoms with Gasteiger partial charge in [-0.3, -0.25) is 0 Å². The summed E-state index contributed by atoms with van der Waals surface area (Å²) in [5.74, 6) is 1.53. The molecule has 0 bridgehead atoms. The predicted octanol–water partition coefficient (Wildman–Crippen LogP) is 0.885. The summed E-state index contributed by atoms with van der Waals surface area (Å²) < 4.78 is 10.6. The van der Waals surface area contributed by atoms with Gasteiger partial charge in [0.2, 0.25) is 6.79 Å². The highest BCUT2D eigenvalue weighted by Gasteiger charge is 2.27. The van der Waals surface area contributed by atoms with E-state index in [4.69, 9.17) is 9.47 Å². The summed E-state index contributed by atoms with van der Waals surface area (Å²) in [6.07, 6.45) is 0. The molecule has 0 amide bonds. The third-order valence-corrected chi connectivity index (χ3v) is 2.99. The first-order valence-electron chi connectivity index (χ1n) is 5.35. The third-order valence-electron chi connectivity index (χ3n) is 2.99. The van der Waals surface area contributed by atoms with E-state index in [2.05, 4.69) is 5.32 Å². The summed E-state index contributed by atoms with van der Waals surface area (Å²) in [6.45, 7) is 3.10. The molecule has 16 heavy (non-hydrogen) atoms. The topological polar surface area (TPSA) is 50.7 Å². The second-order valence-electron chi connectivity index (χ2n) is 4.32. The highest BCUT2D eigenvalue weighted by atomic mass is 16.7. The minimum atomic E-state index is -0.296. The van der Waals surface area contributed by atoms with Crippen molar-refractivity contribution in [1.29, 1.82) is 0 Å². The normalized spacial score (nSPS) is 17.2. The van der Waals surface area contributed by atoms with E-state index in [-0.39, 0.29) is 18.8 Å². The molecule has 1 aliphatic heterocycles. The number of nitrogens with one attached hydrogen (secondary N) is 1. The van der Waals surface area contributed by atoms with Crippen molar-refractivity contribution in [1.82, 2.24) is 5.32 Å². The van der Waals surface area contributed by atoms with Crippen LogP contribution < -0.4 is 14.8 Å². The van der Waals surface area contributed by atoms with E-state index >= 15 is 0 Å². The lowest BCUT2D eigenvalue weighted by Crippen LogP contribution is -2.37. The lowest BCUT2D eigenvalue weighted by molar-refractivity contribution is 0.173. The van der Waals surface area contributed by atoms with Gasteiger partial charge in [-0.15, -0.1) is 0 Å². The Bertz CT molecular complexity index is 381. The van der Waals surface area contributed by atoms with Gasteiger partial charge < -0.3 is 19.9 Å². The molecule has 0 fully saturated rings. The lowest BCUT2D eigenvalue weighted by atomic mass is 9.83. The van der Waals surface area contributed by atoms with Crippen LogP contribution in [0.5, 0.6) is 11.5 Å². The van der Waals surface area contributed by atoms with Gasteiger partial charge in [0.1, 0.15) is 0 Å². The molecule has 2 N–H and O–H groups in total. The van der Waals surface area contributed by atoms with Gasteiger partial charge >= 0.3 is 0 Å². The molecule has 4 heteroatoms. The lowest BCUT2D eigenvalue weighted by Gasteiger charge is -2.27. The van der Waals surface area contributed by atoms with E-state index in [1.165, 1.54) is 0 Å². The van der Waals surface area contributed by atoms with Gasteiger partial charge in [-0.2, -0.15) is 0 Å². The van der Waals surface area contributed by atoms with Crippen LogP contribution in [0.15, 0.2) is 18.2 Å². The van der Waals surface area contributed by atoms with Gasteiger partial charge in [0.15, 0.2) is 11.5 Å². The van der Waals surface area contributed by atoms with E-state index in [9.17, 15) is 5.11 Å². The first-order valence-corrected chi connectivity index (χ1v) is 5.35. The standard InChI is InChI=1S/C12H17NO3/c1-12(7-14,6-13-2)9-3-4-10-11(5-9)16-8-15-10/h3-5,13-14H,6-8H2,1-2H3. The molecular formula is C12H17NO3. The summed E-state index contributed by atoms with van der Waals surface area (Å²) >= 11 is 0. The maximum atomic E-state index is 9.51. The quantitative estimate of drug-likeness (QED) is 0.795. The fourth-order valence-corrected chi connectivity index (χ4v) is 1.91. The summed E-state index contributed by atoms with van der Waals surface area (Å²) in [5, 5.41) is 12.6. The third kappa shape index (κ3) is 1.86. The van der Waals surface area contributed by atoms with Crippen LogP contribution in [-0.2, 0) is 5.41 Å². The average Bonchev–Trinajstić information content (AvgIpc) is 2.76. The van der Waals surface area contributed by atoms with E-state index in [0.717, 1.165) is 17.1 Å². The largest absolute Gasteiger partial charge is 0.454 e. The van der Waals surface area contributed by atoms with Gasteiger partial charge in [0.05, 0.1) is 6.61 Å². The van der Waals surface area contributed by atoms with Gasteiger partial charge in [-0.25, -0.2) is 0 Å². The van der Waals surface area contributed by atoms with E-state index in [0.29, 0.717) is 6.54 Å². The maximum absolute atomic E-state index is 9.51. The van der Waals surface area contributed by atoms with Gasteiger partial charge in [0.25, 0.3) is 0 Å². The van der Waals surface area contributed by atoms with Gasteiger partial charge in [-0.05, 0) is 24.7 Å². The Balaban J connectivity index is 2.32. The molecular weight excluding hydrogens is 206 g/mol. The number of rotatable bonds is 4. The summed E-state index contributed by atoms with van der Waals surface area (Å²) in [7, 11) is 1.88. The Morgan fingerprint density at radius 1 is 1.38 bits per heavy atom. The Morgan fingerprint density at radius 2 is 2.12 bits per heavy atom. The zero-order chi connectivity index (χ0) is 11.6. The fourth-order valence-electron chi connectivity index (χ4n) is 1.91. The number of ether oxygens (including phenoxy) is 2. The molecule has 1 aliphatic rings. The molecule has 1 atom stereocenters. The molecule has 88 valence electrons. The summed E-state index contributed by atoms with van der Waals surface area (Å²) in [4.78, 5) is 0. The van der Waals surface area contributed by atoms with Crippen LogP contribution in [0.1, 0.15) is 12.5 Å². The predicted molar refractivity (Wildman–Crippen MR) is 60.9 cm³/mol. The van der Waals surface area contributed by atoms with Crippen molar-refractivity contribution >= 4 is 0 Å². The molecule has 1 heterocycles. The Kier molecular flexibility index (Phi) is 3.03. The second kappa shape index (κ2) is 4.31. The van der Waals surface area contributed by atoms with Crippen LogP contribution in [0.4, 0.5) is 0 Å². The number of aliphatic hydroxyl groups excluding tert-OH is 1. The molecule has 2 rings (SSSR count). The van der Waals surface area contributed by atoms with Crippen molar-refractivity contribution < 1.29 is 14.6 Å². The van der Waals surface area contributed by atoms with Crippen molar-refractivity contribution in [3.05, 3.63) is 23.8 Å². The zero-order valence-corrected chi connectivity index (χ0v) is 9.62. The van der Waals surface area contributed by atoms with E-state index in [1.807, 2.05) is 32.2 Å². The van der Waals surface area contributed by atoms with Crippen molar-refractivity contribution in [3.8, 4) is 11.5 Å². The van der Waals surface area contributed by atoms with E-state index in [1.54, 1.807) is 0 Å². The Hall–Kier alpha value is -1.26. The SMILES string of the molecule is CNCC(C)(CO)c1ccc2c(c1)OCO2.